The molecule has 0 unspecified atom stereocenters. The van der Waals surface area contributed by atoms with E-state index in [2.05, 4.69) is 0 Å². The molecule has 0 saturated heterocycles. The SMILES string of the molecule is Cc1ccc(CN(C)C(=O)COC(=O)c2csc3c2CCCC3)o1. The van der Waals surface area contributed by atoms with Crippen molar-refractivity contribution in [2.24, 2.45) is 0 Å². The number of nitrogens with zero attached hydrogens (tertiary/aromatic N) is 1. The monoisotopic (exact) mass is 347 g/mol. The van der Waals surface area contributed by atoms with Gasteiger partial charge in [0.25, 0.3) is 5.91 Å². The Bertz CT molecular complexity index is 746. The van der Waals surface area contributed by atoms with Crippen LogP contribution in [0.25, 0.3) is 0 Å². The molecule has 24 heavy (non-hydrogen) atoms. The summed E-state index contributed by atoms with van der Waals surface area (Å²) in [5, 5.41) is 1.86. The van der Waals surface area contributed by atoms with Gasteiger partial charge in [-0.1, -0.05) is 0 Å². The van der Waals surface area contributed by atoms with Gasteiger partial charge in [-0.2, -0.15) is 0 Å². The van der Waals surface area contributed by atoms with Crippen molar-refractivity contribution in [3.8, 4) is 0 Å². The Hall–Kier alpha value is -2.08. The standard InChI is InChI=1S/C18H21NO4S/c1-12-7-8-13(23-12)9-19(2)17(20)10-22-18(21)15-11-24-16-6-4-3-5-14(15)16/h7-8,11H,3-6,9-10H2,1-2H3. The number of aryl methyl sites for hydroxylation is 2. The smallest absolute Gasteiger partial charge is 0.339 e. The van der Waals surface area contributed by atoms with E-state index in [0.717, 1.165) is 30.6 Å². The van der Waals surface area contributed by atoms with Gasteiger partial charge in [0, 0.05) is 17.3 Å². The first-order valence-corrected chi connectivity index (χ1v) is 8.98. The summed E-state index contributed by atoms with van der Waals surface area (Å²) < 4.78 is 10.7. The second-order valence-corrected chi connectivity index (χ2v) is 7.06. The largest absolute Gasteiger partial charge is 0.464 e. The van der Waals surface area contributed by atoms with E-state index in [1.165, 1.54) is 16.2 Å². The van der Waals surface area contributed by atoms with Crippen molar-refractivity contribution in [3.63, 3.8) is 0 Å². The Morgan fingerprint density at radius 1 is 1.29 bits per heavy atom. The predicted molar refractivity (Wildman–Crippen MR) is 91.2 cm³/mol. The van der Waals surface area contributed by atoms with E-state index in [1.807, 2.05) is 24.4 Å². The van der Waals surface area contributed by atoms with Gasteiger partial charge in [-0.05, 0) is 50.3 Å². The molecule has 3 rings (SSSR count). The molecule has 0 aromatic carbocycles. The molecule has 5 nitrogen and oxygen atoms in total. The van der Waals surface area contributed by atoms with Crippen LogP contribution in [-0.4, -0.2) is 30.4 Å². The van der Waals surface area contributed by atoms with Gasteiger partial charge in [-0.3, -0.25) is 4.79 Å². The molecular formula is C18H21NO4S. The summed E-state index contributed by atoms with van der Waals surface area (Å²) in [6.45, 7) is 1.96. The number of ether oxygens (including phenoxy) is 1. The van der Waals surface area contributed by atoms with Crippen LogP contribution in [0.5, 0.6) is 0 Å². The molecule has 0 atom stereocenters. The number of hydrogen-bond donors (Lipinski definition) is 0. The maximum atomic E-state index is 12.3. The highest BCUT2D eigenvalue weighted by Gasteiger charge is 2.22. The van der Waals surface area contributed by atoms with E-state index in [0.29, 0.717) is 17.9 Å². The number of amides is 1. The highest BCUT2D eigenvalue weighted by Crippen LogP contribution is 2.30. The van der Waals surface area contributed by atoms with Crippen LogP contribution in [0, 0.1) is 6.92 Å². The highest BCUT2D eigenvalue weighted by molar-refractivity contribution is 7.10. The lowest BCUT2D eigenvalue weighted by Crippen LogP contribution is -2.30. The Balaban J connectivity index is 1.54. The van der Waals surface area contributed by atoms with Crippen LogP contribution in [0.1, 0.15) is 45.2 Å². The van der Waals surface area contributed by atoms with Crippen molar-refractivity contribution < 1.29 is 18.7 Å². The Labute approximate surface area is 145 Å². The maximum Gasteiger partial charge on any atom is 0.339 e. The van der Waals surface area contributed by atoms with Crippen molar-refractivity contribution in [3.05, 3.63) is 45.0 Å². The topological polar surface area (TPSA) is 59.8 Å². The molecule has 6 heteroatoms. The van der Waals surface area contributed by atoms with Crippen molar-refractivity contribution in [1.82, 2.24) is 4.90 Å². The Kier molecular flexibility index (Phi) is 5.04. The first-order valence-electron chi connectivity index (χ1n) is 8.10. The summed E-state index contributed by atoms with van der Waals surface area (Å²) in [7, 11) is 1.67. The Morgan fingerprint density at radius 3 is 2.83 bits per heavy atom. The molecule has 0 fully saturated rings. The van der Waals surface area contributed by atoms with Crippen LogP contribution >= 0.6 is 11.3 Å². The molecule has 1 amide bonds. The first kappa shape index (κ1) is 16.8. The number of fused-ring (bicyclic) bond motifs is 1. The molecule has 0 radical (unpaired) electrons. The van der Waals surface area contributed by atoms with Gasteiger partial charge in [0.2, 0.25) is 0 Å². The molecule has 1 aliphatic carbocycles. The molecule has 0 saturated carbocycles. The molecule has 2 heterocycles. The summed E-state index contributed by atoms with van der Waals surface area (Å²) >= 11 is 1.62. The molecule has 0 bridgehead atoms. The third-order valence-electron chi connectivity index (χ3n) is 4.22. The lowest BCUT2D eigenvalue weighted by Gasteiger charge is -2.16. The summed E-state index contributed by atoms with van der Waals surface area (Å²) in [5.74, 6) is 0.868. The molecule has 1 aliphatic rings. The van der Waals surface area contributed by atoms with Gasteiger partial charge in [-0.25, -0.2) is 4.79 Å². The second-order valence-electron chi connectivity index (χ2n) is 6.10. The number of carbonyl (C=O) groups is 2. The molecule has 0 aliphatic heterocycles. The molecule has 2 aromatic heterocycles. The molecule has 0 spiro atoms. The predicted octanol–water partition coefficient (Wildman–Crippen LogP) is 3.34. The quantitative estimate of drug-likeness (QED) is 0.778. The van der Waals surface area contributed by atoms with Crippen LogP contribution in [0.2, 0.25) is 0 Å². The fourth-order valence-corrected chi connectivity index (χ4v) is 3.99. The minimum Gasteiger partial charge on any atom is -0.464 e. The number of rotatable bonds is 5. The van der Waals surface area contributed by atoms with Gasteiger partial charge >= 0.3 is 5.97 Å². The third-order valence-corrected chi connectivity index (χ3v) is 5.31. The van der Waals surface area contributed by atoms with Gasteiger partial charge in [0.1, 0.15) is 11.5 Å². The molecule has 128 valence electrons. The fraction of sp³-hybridized carbons (Fsp3) is 0.444. The zero-order chi connectivity index (χ0) is 17.1. The molecular weight excluding hydrogens is 326 g/mol. The minimum absolute atomic E-state index is 0.249. The number of carbonyl (C=O) groups excluding carboxylic acids is 2. The van der Waals surface area contributed by atoms with E-state index in [4.69, 9.17) is 9.15 Å². The van der Waals surface area contributed by atoms with Crippen molar-refractivity contribution in [1.29, 1.82) is 0 Å². The maximum absolute atomic E-state index is 12.3. The van der Waals surface area contributed by atoms with Gasteiger partial charge < -0.3 is 14.1 Å². The zero-order valence-corrected chi connectivity index (χ0v) is 14.8. The summed E-state index contributed by atoms with van der Waals surface area (Å²) in [6.07, 6.45) is 4.25. The number of hydrogen-bond acceptors (Lipinski definition) is 5. The molecule has 2 aromatic rings. The second kappa shape index (κ2) is 7.21. The van der Waals surface area contributed by atoms with Crippen LogP contribution < -0.4 is 0 Å². The highest BCUT2D eigenvalue weighted by atomic mass is 32.1. The first-order chi connectivity index (χ1) is 11.5. The van der Waals surface area contributed by atoms with E-state index >= 15 is 0 Å². The van der Waals surface area contributed by atoms with Crippen LogP contribution in [0.15, 0.2) is 21.9 Å². The summed E-state index contributed by atoms with van der Waals surface area (Å²) in [5.41, 5.74) is 1.75. The lowest BCUT2D eigenvalue weighted by atomic mass is 9.96. The van der Waals surface area contributed by atoms with E-state index < -0.39 is 5.97 Å². The van der Waals surface area contributed by atoms with E-state index in [-0.39, 0.29) is 12.5 Å². The van der Waals surface area contributed by atoms with Crippen molar-refractivity contribution in [2.45, 2.75) is 39.2 Å². The molecule has 0 N–H and O–H groups in total. The average molecular weight is 347 g/mol. The van der Waals surface area contributed by atoms with Gasteiger partial charge in [0.05, 0.1) is 12.1 Å². The van der Waals surface area contributed by atoms with Crippen LogP contribution in [0.4, 0.5) is 0 Å². The van der Waals surface area contributed by atoms with Crippen molar-refractivity contribution in [2.75, 3.05) is 13.7 Å². The van der Waals surface area contributed by atoms with Crippen molar-refractivity contribution >= 4 is 23.2 Å². The van der Waals surface area contributed by atoms with Crippen LogP contribution in [-0.2, 0) is 28.9 Å². The zero-order valence-electron chi connectivity index (χ0n) is 14.0. The van der Waals surface area contributed by atoms with Gasteiger partial charge in [0.15, 0.2) is 6.61 Å². The third kappa shape index (κ3) is 3.70. The summed E-state index contributed by atoms with van der Waals surface area (Å²) in [6, 6.07) is 3.69. The number of likely N-dealkylation sites (N-methyl/N-ethyl adjacent to an activating group) is 1. The minimum atomic E-state index is -0.398. The number of esters is 1. The lowest BCUT2D eigenvalue weighted by molar-refractivity contribution is -0.134. The van der Waals surface area contributed by atoms with E-state index in [1.54, 1.807) is 18.4 Å². The average Bonchev–Trinajstić information content (AvgIpc) is 3.18. The van der Waals surface area contributed by atoms with Gasteiger partial charge in [-0.15, -0.1) is 11.3 Å². The normalized spacial score (nSPS) is 13.4. The van der Waals surface area contributed by atoms with E-state index in [9.17, 15) is 9.59 Å². The summed E-state index contributed by atoms with van der Waals surface area (Å²) in [4.78, 5) is 27.2. The van der Waals surface area contributed by atoms with Crippen LogP contribution in [0.3, 0.4) is 0 Å². The fourth-order valence-electron chi connectivity index (χ4n) is 2.87. The Morgan fingerprint density at radius 2 is 2.08 bits per heavy atom. The number of furan rings is 1. The number of thiophene rings is 1.